The zero-order valence-corrected chi connectivity index (χ0v) is 12.4. The highest BCUT2D eigenvalue weighted by molar-refractivity contribution is 7.89. The molecule has 2 unspecified atom stereocenters. The van der Waals surface area contributed by atoms with Gasteiger partial charge in [-0.25, -0.2) is 17.5 Å². The summed E-state index contributed by atoms with van der Waals surface area (Å²) in [5.74, 6) is -0.464. The fraction of sp³-hybridized carbons (Fsp3) is 0.571. The van der Waals surface area contributed by atoms with Crippen molar-refractivity contribution in [1.29, 1.82) is 0 Å². The van der Waals surface area contributed by atoms with Crippen LogP contribution < -0.4 is 10.5 Å². The monoisotopic (exact) mass is 300 g/mol. The second kappa shape index (κ2) is 6.20. The van der Waals surface area contributed by atoms with Gasteiger partial charge in [-0.15, -0.1) is 0 Å². The van der Waals surface area contributed by atoms with E-state index in [0.29, 0.717) is 5.56 Å². The first-order valence-electron chi connectivity index (χ1n) is 6.95. The summed E-state index contributed by atoms with van der Waals surface area (Å²) in [6.45, 7) is 2.21. The molecular weight excluding hydrogens is 279 g/mol. The summed E-state index contributed by atoms with van der Waals surface area (Å²) in [4.78, 5) is -0.299. The van der Waals surface area contributed by atoms with Gasteiger partial charge in [-0.05, 0) is 36.5 Å². The van der Waals surface area contributed by atoms with Crippen LogP contribution in [0.4, 0.5) is 4.39 Å². The van der Waals surface area contributed by atoms with Crippen LogP contribution in [0.15, 0.2) is 23.1 Å². The number of nitrogens with two attached hydrogens (primary N) is 1. The molecule has 4 nitrogen and oxygen atoms in total. The number of halogens is 1. The molecule has 0 amide bonds. The lowest BCUT2D eigenvalue weighted by molar-refractivity contribution is 0.310. The Morgan fingerprint density at radius 3 is 2.65 bits per heavy atom. The molecule has 1 aliphatic rings. The van der Waals surface area contributed by atoms with Crippen molar-refractivity contribution in [2.45, 2.75) is 50.1 Å². The van der Waals surface area contributed by atoms with Crippen molar-refractivity contribution >= 4 is 10.0 Å². The molecule has 1 aromatic carbocycles. The molecule has 2 atom stereocenters. The normalized spacial score (nSPS) is 23.8. The molecule has 1 fully saturated rings. The Balaban J connectivity index is 2.21. The van der Waals surface area contributed by atoms with E-state index in [-0.39, 0.29) is 23.4 Å². The Hall–Kier alpha value is -0.980. The van der Waals surface area contributed by atoms with Crippen LogP contribution in [0.5, 0.6) is 0 Å². The predicted octanol–water partition coefficient (Wildman–Crippen LogP) is 2.14. The molecule has 1 saturated carbocycles. The predicted molar refractivity (Wildman–Crippen MR) is 76.0 cm³/mol. The van der Waals surface area contributed by atoms with Gasteiger partial charge in [-0.3, -0.25) is 0 Å². The lowest BCUT2D eigenvalue weighted by Gasteiger charge is -2.29. The Bertz CT molecular complexity index is 575. The van der Waals surface area contributed by atoms with Crippen molar-refractivity contribution in [3.63, 3.8) is 0 Å². The van der Waals surface area contributed by atoms with Crippen LogP contribution in [0.1, 0.15) is 38.2 Å². The number of sulfonamides is 1. The van der Waals surface area contributed by atoms with Crippen molar-refractivity contribution < 1.29 is 12.8 Å². The van der Waals surface area contributed by atoms with Gasteiger partial charge in [0.05, 0.1) is 0 Å². The summed E-state index contributed by atoms with van der Waals surface area (Å²) in [6, 6.07) is 3.90. The fourth-order valence-corrected chi connectivity index (χ4v) is 4.08. The van der Waals surface area contributed by atoms with E-state index >= 15 is 0 Å². The highest BCUT2D eigenvalue weighted by Crippen LogP contribution is 2.26. The topological polar surface area (TPSA) is 72.2 Å². The zero-order chi connectivity index (χ0) is 14.8. The molecule has 0 heterocycles. The van der Waals surface area contributed by atoms with Crippen molar-refractivity contribution in [1.82, 2.24) is 4.72 Å². The lowest BCUT2D eigenvalue weighted by Crippen LogP contribution is -2.41. The zero-order valence-electron chi connectivity index (χ0n) is 11.6. The van der Waals surface area contributed by atoms with E-state index in [1.807, 2.05) is 6.92 Å². The van der Waals surface area contributed by atoms with Crippen molar-refractivity contribution in [2.24, 2.45) is 11.7 Å². The molecule has 1 aromatic rings. The van der Waals surface area contributed by atoms with E-state index in [4.69, 9.17) is 5.73 Å². The van der Waals surface area contributed by atoms with Crippen LogP contribution in [0, 0.1) is 11.7 Å². The SMILES string of the molecule is CC1CCCCC1NS(=O)(=O)c1ccc(CN)cc1F. The van der Waals surface area contributed by atoms with E-state index in [9.17, 15) is 12.8 Å². The Labute approximate surface area is 119 Å². The molecule has 6 heteroatoms. The van der Waals surface area contributed by atoms with Gasteiger partial charge in [0.15, 0.2) is 0 Å². The molecule has 0 saturated heterocycles. The maximum Gasteiger partial charge on any atom is 0.243 e. The lowest BCUT2D eigenvalue weighted by atomic mass is 9.87. The van der Waals surface area contributed by atoms with Gasteiger partial charge < -0.3 is 5.73 Å². The van der Waals surface area contributed by atoms with Crippen LogP contribution in [0.25, 0.3) is 0 Å². The summed E-state index contributed by atoms with van der Waals surface area (Å²) < 4.78 is 41.1. The van der Waals surface area contributed by atoms with Crippen LogP contribution in [0.3, 0.4) is 0 Å². The van der Waals surface area contributed by atoms with Crippen LogP contribution in [0.2, 0.25) is 0 Å². The minimum atomic E-state index is -3.81. The third-order valence-electron chi connectivity index (χ3n) is 3.94. The van der Waals surface area contributed by atoms with E-state index in [1.165, 1.54) is 12.1 Å². The average Bonchev–Trinajstić information content (AvgIpc) is 2.40. The second-order valence-corrected chi connectivity index (χ2v) is 7.14. The highest BCUT2D eigenvalue weighted by atomic mass is 32.2. The Morgan fingerprint density at radius 1 is 1.35 bits per heavy atom. The molecule has 0 bridgehead atoms. The highest BCUT2D eigenvalue weighted by Gasteiger charge is 2.28. The number of benzene rings is 1. The van der Waals surface area contributed by atoms with Gasteiger partial charge in [-0.1, -0.05) is 25.8 Å². The van der Waals surface area contributed by atoms with Gasteiger partial charge in [-0.2, -0.15) is 0 Å². The molecule has 0 aliphatic heterocycles. The first-order chi connectivity index (χ1) is 9.44. The van der Waals surface area contributed by atoms with Crippen molar-refractivity contribution in [3.05, 3.63) is 29.6 Å². The average molecular weight is 300 g/mol. The minimum absolute atomic E-state index is 0.109. The quantitative estimate of drug-likeness (QED) is 0.895. The Kier molecular flexibility index (Phi) is 4.78. The first-order valence-corrected chi connectivity index (χ1v) is 8.43. The maximum absolute atomic E-state index is 13.9. The number of nitrogens with one attached hydrogen (secondary N) is 1. The molecule has 3 N–H and O–H groups in total. The third kappa shape index (κ3) is 3.37. The molecule has 0 spiro atoms. The molecule has 1 aliphatic carbocycles. The summed E-state index contributed by atoms with van der Waals surface area (Å²) in [5, 5.41) is 0. The summed E-state index contributed by atoms with van der Waals surface area (Å²) >= 11 is 0. The van der Waals surface area contributed by atoms with Gasteiger partial charge in [0.1, 0.15) is 10.7 Å². The van der Waals surface area contributed by atoms with E-state index < -0.39 is 15.8 Å². The van der Waals surface area contributed by atoms with Crippen molar-refractivity contribution in [3.8, 4) is 0 Å². The van der Waals surface area contributed by atoms with E-state index in [2.05, 4.69) is 4.72 Å². The minimum Gasteiger partial charge on any atom is -0.326 e. The fourth-order valence-electron chi connectivity index (χ4n) is 2.64. The van der Waals surface area contributed by atoms with Gasteiger partial charge in [0, 0.05) is 12.6 Å². The third-order valence-corrected chi connectivity index (χ3v) is 5.46. The van der Waals surface area contributed by atoms with Crippen LogP contribution >= 0.6 is 0 Å². The van der Waals surface area contributed by atoms with Gasteiger partial charge in [0.25, 0.3) is 0 Å². The molecule has 112 valence electrons. The molecule has 0 radical (unpaired) electrons. The molecule has 20 heavy (non-hydrogen) atoms. The van der Waals surface area contributed by atoms with Crippen LogP contribution in [-0.4, -0.2) is 14.5 Å². The number of hydrogen-bond acceptors (Lipinski definition) is 3. The van der Waals surface area contributed by atoms with E-state index in [0.717, 1.165) is 25.7 Å². The molecule has 2 rings (SSSR count). The molecular formula is C14H21FN2O2S. The second-order valence-electron chi connectivity index (χ2n) is 5.46. The number of rotatable bonds is 4. The van der Waals surface area contributed by atoms with Gasteiger partial charge >= 0.3 is 0 Å². The van der Waals surface area contributed by atoms with Crippen LogP contribution in [-0.2, 0) is 16.6 Å². The first kappa shape index (κ1) is 15.4. The summed E-state index contributed by atoms with van der Waals surface area (Å²) in [7, 11) is -3.81. The smallest absolute Gasteiger partial charge is 0.243 e. The maximum atomic E-state index is 13.9. The largest absolute Gasteiger partial charge is 0.326 e. The molecule has 0 aromatic heterocycles. The van der Waals surface area contributed by atoms with E-state index in [1.54, 1.807) is 6.07 Å². The summed E-state index contributed by atoms with van der Waals surface area (Å²) in [6.07, 6.45) is 3.94. The van der Waals surface area contributed by atoms with Crippen molar-refractivity contribution in [2.75, 3.05) is 0 Å². The van der Waals surface area contributed by atoms with Gasteiger partial charge in [0.2, 0.25) is 10.0 Å². The number of hydrogen-bond donors (Lipinski definition) is 2. The Morgan fingerprint density at radius 2 is 2.05 bits per heavy atom. The summed E-state index contributed by atoms with van der Waals surface area (Å²) in [5.41, 5.74) is 5.99. The standard InChI is InChI=1S/C14H21FN2O2S/c1-10-4-2-3-5-13(10)17-20(18,19)14-7-6-11(9-16)8-12(14)15/h6-8,10,13,17H,2-5,9,16H2,1H3.